The quantitative estimate of drug-likeness (QED) is 0.789. The van der Waals surface area contributed by atoms with Crippen LogP contribution in [0, 0.1) is 11.7 Å². The van der Waals surface area contributed by atoms with Crippen LogP contribution in [0.15, 0.2) is 48.5 Å². The molecule has 1 amide bonds. The first-order chi connectivity index (χ1) is 13.0. The van der Waals surface area contributed by atoms with Crippen molar-refractivity contribution >= 4 is 12.0 Å². The van der Waals surface area contributed by atoms with Crippen LogP contribution >= 0.6 is 0 Å². The summed E-state index contributed by atoms with van der Waals surface area (Å²) in [7, 11) is 0. The first kappa shape index (κ1) is 19.0. The van der Waals surface area contributed by atoms with E-state index >= 15 is 0 Å². The van der Waals surface area contributed by atoms with Crippen molar-refractivity contribution in [3.05, 3.63) is 65.5 Å². The molecule has 3 rings (SSSR count). The average molecular weight is 369 g/mol. The number of carbonyl (C=O) groups is 1. The molecule has 2 aromatic carbocycles. The van der Waals surface area contributed by atoms with Gasteiger partial charge in [-0.05, 0) is 47.4 Å². The molecule has 1 atom stereocenters. The number of benzene rings is 2. The highest BCUT2D eigenvalue weighted by atomic mass is 19.1. The van der Waals surface area contributed by atoms with E-state index in [9.17, 15) is 9.18 Å². The van der Waals surface area contributed by atoms with Crippen LogP contribution in [0.2, 0.25) is 0 Å². The van der Waals surface area contributed by atoms with Crippen molar-refractivity contribution in [1.29, 1.82) is 0 Å². The Bertz CT molecular complexity index is 832. The summed E-state index contributed by atoms with van der Waals surface area (Å²) in [4.78, 5) is 12.4. The van der Waals surface area contributed by atoms with Crippen molar-refractivity contribution in [3.63, 3.8) is 0 Å². The number of amides is 1. The number of rotatable bonds is 5. The lowest BCUT2D eigenvalue weighted by molar-refractivity contribution is -0.117. The predicted octanol–water partition coefficient (Wildman–Crippen LogP) is 4.51. The summed E-state index contributed by atoms with van der Waals surface area (Å²) >= 11 is 0. The van der Waals surface area contributed by atoms with E-state index in [0.717, 1.165) is 17.7 Å². The SMILES string of the molecule is CC(C)[C@H](NC(=O)/C=C/c1cccc(F)c1)c1ccc2c(c1)OCCCO2. The van der Waals surface area contributed by atoms with Gasteiger partial charge in [-0.2, -0.15) is 0 Å². The van der Waals surface area contributed by atoms with Crippen LogP contribution in [0.25, 0.3) is 6.08 Å². The summed E-state index contributed by atoms with van der Waals surface area (Å²) in [5.74, 6) is 1.06. The fraction of sp³-hybridized carbons (Fsp3) is 0.318. The van der Waals surface area contributed by atoms with E-state index in [-0.39, 0.29) is 23.7 Å². The molecule has 2 aromatic rings. The lowest BCUT2D eigenvalue weighted by atomic mass is 9.95. The molecule has 0 saturated heterocycles. The third kappa shape index (κ3) is 5.09. The Balaban J connectivity index is 1.74. The number of halogens is 1. The lowest BCUT2D eigenvalue weighted by Crippen LogP contribution is -2.30. The molecule has 1 heterocycles. The number of hydrogen-bond acceptors (Lipinski definition) is 3. The van der Waals surface area contributed by atoms with Crippen molar-refractivity contribution in [2.24, 2.45) is 5.92 Å². The first-order valence-electron chi connectivity index (χ1n) is 9.16. The van der Waals surface area contributed by atoms with Crippen LogP contribution in [-0.4, -0.2) is 19.1 Å². The molecular formula is C22H24FNO3. The molecule has 4 nitrogen and oxygen atoms in total. The van der Waals surface area contributed by atoms with Crippen LogP contribution in [0.3, 0.4) is 0 Å². The molecule has 1 aliphatic heterocycles. The standard InChI is InChI=1S/C22H24FNO3/c1-15(2)22(17-8-9-19-20(14-17)27-12-4-11-26-19)24-21(25)10-7-16-5-3-6-18(23)13-16/h3,5-10,13-15,22H,4,11-12H2,1-2H3,(H,24,25)/b10-7+/t22-/m0/s1. The van der Waals surface area contributed by atoms with E-state index in [2.05, 4.69) is 5.32 Å². The largest absolute Gasteiger partial charge is 0.490 e. The second kappa shape index (κ2) is 8.71. The minimum Gasteiger partial charge on any atom is -0.490 e. The van der Waals surface area contributed by atoms with Crippen LogP contribution in [0.1, 0.15) is 37.4 Å². The highest BCUT2D eigenvalue weighted by molar-refractivity contribution is 5.92. The maximum Gasteiger partial charge on any atom is 0.244 e. The van der Waals surface area contributed by atoms with Gasteiger partial charge in [0.2, 0.25) is 5.91 Å². The van der Waals surface area contributed by atoms with Gasteiger partial charge in [0, 0.05) is 12.5 Å². The molecule has 0 unspecified atom stereocenters. The van der Waals surface area contributed by atoms with Gasteiger partial charge in [-0.3, -0.25) is 4.79 Å². The third-order valence-electron chi connectivity index (χ3n) is 4.37. The number of fused-ring (bicyclic) bond motifs is 1. The number of hydrogen-bond donors (Lipinski definition) is 1. The summed E-state index contributed by atoms with van der Waals surface area (Å²) in [5, 5.41) is 3.02. The van der Waals surface area contributed by atoms with Gasteiger partial charge in [0.1, 0.15) is 5.82 Å². The van der Waals surface area contributed by atoms with E-state index in [1.54, 1.807) is 18.2 Å². The molecule has 0 bridgehead atoms. The first-order valence-corrected chi connectivity index (χ1v) is 9.16. The zero-order valence-electron chi connectivity index (χ0n) is 15.6. The van der Waals surface area contributed by atoms with Gasteiger partial charge in [0.15, 0.2) is 11.5 Å². The summed E-state index contributed by atoms with van der Waals surface area (Å²) in [6.07, 6.45) is 3.87. The van der Waals surface area contributed by atoms with Crippen molar-refractivity contribution in [3.8, 4) is 11.5 Å². The molecule has 0 aliphatic carbocycles. The predicted molar refractivity (Wildman–Crippen MR) is 103 cm³/mol. The van der Waals surface area contributed by atoms with Gasteiger partial charge < -0.3 is 14.8 Å². The Labute approximate surface area is 159 Å². The molecule has 0 fully saturated rings. The molecule has 0 spiro atoms. The van der Waals surface area contributed by atoms with Gasteiger partial charge in [-0.15, -0.1) is 0 Å². The summed E-state index contributed by atoms with van der Waals surface area (Å²) < 4.78 is 24.7. The normalized spacial score (nSPS) is 14.8. The summed E-state index contributed by atoms with van der Waals surface area (Å²) in [6, 6.07) is 11.7. The molecule has 1 N–H and O–H groups in total. The van der Waals surface area contributed by atoms with Crippen molar-refractivity contribution in [2.75, 3.05) is 13.2 Å². The maximum absolute atomic E-state index is 13.2. The van der Waals surface area contributed by atoms with Gasteiger partial charge in [0.25, 0.3) is 0 Å². The zero-order valence-corrected chi connectivity index (χ0v) is 15.6. The molecule has 0 saturated carbocycles. The maximum atomic E-state index is 13.2. The second-order valence-corrected chi connectivity index (χ2v) is 6.88. The van der Waals surface area contributed by atoms with Crippen LogP contribution in [0.4, 0.5) is 4.39 Å². The summed E-state index contributed by atoms with van der Waals surface area (Å²) in [6.45, 7) is 5.35. The van der Waals surface area contributed by atoms with E-state index in [4.69, 9.17) is 9.47 Å². The molecule has 0 aromatic heterocycles. The van der Waals surface area contributed by atoms with E-state index in [0.29, 0.717) is 24.5 Å². The monoisotopic (exact) mass is 369 g/mol. The Morgan fingerprint density at radius 3 is 2.63 bits per heavy atom. The highest BCUT2D eigenvalue weighted by Gasteiger charge is 2.20. The van der Waals surface area contributed by atoms with Gasteiger partial charge >= 0.3 is 0 Å². The zero-order chi connectivity index (χ0) is 19.2. The highest BCUT2D eigenvalue weighted by Crippen LogP contribution is 2.34. The Kier molecular flexibility index (Phi) is 6.12. The summed E-state index contributed by atoms with van der Waals surface area (Å²) in [5.41, 5.74) is 1.60. The molecule has 0 radical (unpaired) electrons. The fourth-order valence-corrected chi connectivity index (χ4v) is 2.99. The Morgan fingerprint density at radius 2 is 1.89 bits per heavy atom. The fourth-order valence-electron chi connectivity index (χ4n) is 2.99. The van der Waals surface area contributed by atoms with Crippen LogP contribution < -0.4 is 14.8 Å². The molecule has 27 heavy (non-hydrogen) atoms. The minimum atomic E-state index is -0.329. The van der Waals surface area contributed by atoms with E-state index < -0.39 is 0 Å². The minimum absolute atomic E-state index is 0.174. The van der Waals surface area contributed by atoms with E-state index in [1.807, 2.05) is 32.0 Å². The second-order valence-electron chi connectivity index (χ2n) is 6.88. The lowest BCUT2D eigenvalue weighted by Gasteiger charge is -2.23. The van der Waals surface area contributed by atoms with Crippen LogP contribution in [0.5, 0.6) is 11.5 Å². The smallest absolute Gasteiger partial charge is 0.244 e. The Morgan fingerprint density at radius 1 is 1.11 bits per heavy atom. The number of ether oxygens (including phenoxy) is 2. The Hall–Kier alpha value is -2.82. The van der Waals surface area contributed by atoms with Crippen molar-refractivity contribution in [1.82, 2.24) is 5.32 Å². The molecule has 142 valence electrons. The molecule has 1 aliphatic rings. The number of carbonyl (C=O) groups excluding carboxylic acids is 1. The van der Waals surface area contributed by atoms with Crippen LogP contribution in [-0.2, 0) is 4.79 Å². The molecule has 5 heteroatoms. The topological polar surface area (TPSA) is 47.6 Å². The van der Waals surface area contributed by atoms with E-state index in [1.165, 1.54) is 18.2 Å². The molecular weight excluding hydrogens is 345 g/mol. The van der Waals surface area contributed by atoms with Crippen molar-refractivity contribution < 1.29 is 18.7 Å². The number of nitrogens with one attached hydrogen (secondary N) is 1. The third-order valence-corrected chi connectivity index (χ3v) is 4.37. The van der Waals surface area contributed by atoms with Crippen molar-refractivity contribution in [2.45, 2.75) is 26.3 Å². The average Bonchev–Trinajstić information content (AvgIpc) is 2.89. The van der Waals surface area contributed by atoms with Gasteiger partial charge in [-0.1, -0.05) is 32.0 Å². The van der Waals surface area contributed by atoms with Gasteiger partial charge in [-0.25, -0.2) is 4.39 Å². The van der Waals surface area contributed by atoms with Gasteiger partial charge in [0.05, 0.1) is 19.3 Å².